The van der Waals surface area contributed by atoms with E-state index in [2.05, 4.69) is 0 Å². The number of nitrogens with two attached hydrogens (primary N) is 1. The van der Waals surface area contributed by atoms with Crippen LogP contribution in [0.3, 0.4) is 0 Å². The molecule has 0 heterocycles. The summed E-state index contributed by atoms with van der Waals surface area (Å²) in [5, 5.41) is 12.0. The highest BCUT2D eigenvalue weighted by Crippen LogP contribution is 2.27. The van der Waals surface area contributed by atoms with E-state index in [1.165, 1.54) is 0 Å². The Labute approximate surface area is 89.3 Å². The van der Waals surface area contributed by atoms with E-state index in [1.807, 2.05) is 37.3 Å². The molecule has 0 aliphatic carbocycles. The second kappa shape index (κ2) is 3.91. The van der Waals surface area contributed by atoms with Crippen LogP contribution in [0.5, 0.6) is 5.75 Å². The molecule has 0 aliphatic rings. The maximum absolute atomic E-state index is 9.80. The van der Waals surface area contributed by atoms with Gasteiger partial charge in [-0.3, -0.25) is 0 Å². The standard InChI is InChI=1S/C13H15NO/c1-9(14)8-12-11-5-3-2-4-10(11)6-7-13(12)15/h2-7,9,15H,8,14H2,1H3/t9-/m0/s1. The van der Waals surface area contributed by atoms with Crippen molar-refractivity contribution in [1.82, 2.24) is 0 Å². The van der Waals surface area contributed by atoms with Gasteiger partial charge in [0.15, 0.2) is 0 Å². The molecule has 0 spiro atoms. The second-order valence-corrected chi connectivity index (χ2v) is 3.97. The second-order valence-electron chi connectivity index (χ2n) is 3.97. The van der Waals surface area contributed by atoms with Crippen molar-refractivity contribution in [2.45, 2.75) is 19.4 Å². The highest BCUT2D eigenvalue weighted by molar-refractivity contribution is 5.87. The number of benzene rings is 2. The van der Waals surface area contributed by atoms with Crippen LogP contribution in [-0.4, -0.2) is 11.1 Å². The van der Waals surface area contributed by atoms with Gasteiger partial charge in [0.2, 0.25) is 0 Å². The van der Waals surface area contributed by atoms with E-state index < -0.39 is 0 Å². The predicted molar refractivity (Wildman–Crippen MR) is 63.0 cm³/mol. The van der Waals surface area contributed by atoms with Crippen LogP contribution in [0, 0.1) is 0 Å². The van der Waals surface area contributed by atoms with E-state index >= 15 is 0 Å². The minimum Gasteiger partial charge on any atom is -0.508 e. The summed E-state index contributed by atoms with van der Waals surface area (Å²) in [6.07, 6.45) is 0.702. The van der Waals surface area contributed by atoms with E-state index in [0.29, 0.717) is 12.2 Å². The van der Waals surface area contributed by atoms with Gasteiger partial charge in [-0.2, -0.15) is 0 Å². The molecule has 2 aromatic carbocycles. The quantitative estimate of drug-likeness (QED) is 0.783. The van der Waals surface area contributed by atoms with Gasteiger partial charge in [-0.15, -0.1) is 0 Å². The molecule has 0 amide bonds. The molecule has 0 aliphatic heterocycles. The Kier molecular flexibility index (Phi) is 2.60. The molecule has 0 saturated heterocycles. The molecule has 3 N–H and O–H groups in total. The molecular weight excluding hydrogens is 186 g/mol. The Balaban J connectivity index is 2.63. The van der Waals surface area contributed by atoms with Crippen LogP contribution >= 0.6 is 0 Å². The van der Waals surface area contributed by atoms with Gasteiger partial charge >= 0.3 is 0 Å². The lowest BCUT2D eigenvalue weighted by atomic mass is 9.99. The van der Waals surface area contributed by atoms with Gasteiger partial charge < -0.3 is 10.8 Å². The van der Waals surface area contributed by atoms with Crippen LogP contribution in [0.15, 0.2) is 36.4 Å². The lowest BCUT2D eigenvalue weighted by molar-refractivity contribution is 0.467. The number of phenolic OH excluding ortho intramolecular Hbond substituents is 1. The number of rotatable bonds is 2. The molecule has 0 saturated carbocycles. The maximum Gasteiger partial charge on any atom is 0.119 e. The largest absolute Gasteiger partial charge is 0.508 e. The molecule has 0 radical (unpaired) electrons. The van der Waals surface area contributed by atoms with E-state index in [1.54, 1.807) is 6.07 Å². The average Bonchev–Trinajstić information content (AvgIpc) is 2.22. The first-order valence-electron chi connectivity index (χ1n) is 5.13. The van der Waals surface area contributed by atoms with Crippen molar-refractivity contribution < 1.29 is 5.11 Å². The number of fused-ring (bicyclic) bond motifs is 1. The first kappa shape index (κ1) is 9.99. The fourth-order valence-corrected chi connectivity index (χ4v) is 1.86. The Morgan fingerprint density at radius 1 is 1.20 bits per heavy atom. The van der Waals surface area contributed by atoms with Crippen molar-refractivity contribution in [3.8, 4) is 5.75 Å². The molecule has 2 heteroatoms. The summed E-state index contributed by atoms with van der Waals surface area (Å²) in [5.41, 5.74) is 6.72. The van der Waals surface area contributed by atoms with Gasteiger partial charge in [0.25, 0.3) is 0 Å². The average molecular weight is 201 g/mol. The van der Waals surface area contributed by atoms with Crippen molar-refractivity contribution in [1.29, 1.82) is 0 Å². The van der Waals surface area contributed by atoms with E-state index in [-0.39, 0.29) is 6.04 Å². The lowest BCUT2D eigenvalue weighted by Crippen LogP contribution is -2.18. The van der Waals surface area contributed by atoms with Gasteiger partial charge in [0.05, 0.1) is 0 Å². The van der Waals surface area contributed by atoms with Crippen LogP contribution in [0.4, 0.5) is 0 Å². The fourth-order valence-electron chi connectivity index (χ4n) is 1.86. The number of hydrogen-bond acceptors (Lipinski definition) is 2. The first-order chi connectivity index (χ1) is 7.18. The molecule has 2 nitrogen and oxygen atoms in total. The van der Waals surface area contributed by atoms with Crippen molar-refractivity contribution in [2.75, 3.05) is 0 Å². The maximum atomic E-state index is 9.80. The molecule has 78 valence electrons. The smallest absolute Gasteiger partial charge is 0.119 e. The van der Waals surface area contributed by atoms with Gasteiger partial charge in [0, 0.05) is 11.6 Å². The molecule has 0 fully saturated rings. The number of phenols is 1. The molecule has 1 atom stereocenters. The minimum atomic E-state index is 0.0571. The van der Waals surface area contributed by atoms with Crippen molar-refractivity contribution in [3.63, 3.8) is 0 Å². The van der Waals surface area contributed by atoms with Gasteiger partial charge in [-0.1, -0.05) is 30.3 Å². The monoisotopic (exact) mass is 201 g/mol. The number of hydrogen-bond donors (Lipinski definition) is 2. The third kappa shape index (κ3) is 1.95. The van der Waals surface area contributed by atoms with Crippen molar-refractivity contribution in [2.24, 2.45) is 5.73 Å². The molecule has 2 rings (SSSR count). The molecule has 0 aromatic heterocycles. The summed E-state index contributed by atoms with van der Waals surface area (Å²) < 4.78 is 0. The van der Waals surface area contributed by atoms with Crippen LogP contribution < -0.4 is 5.73 Å². The highest BCUT2D eigenvalue weighted by Gasteiger charge is 2.08. The van der Waals surface area contributed by atoms with Crippen LogP contribution in [0.1, 0.15) is 12.5 Å². The molecular formula is C13H15NO. The van der Waals surface area contributed by atoms with Crippen molar-refractivity contribution >= 4 is 10.8 Å². The first-order valence-corrected chi connectivity index (χ1v) is 5.13. The third-order valence-electron chi connectivity index (χ3n) is 2.54. The summed E-state index contributed by atoms with van der Waals surface area (Å²) >= 11 is 0. The molecule has 0 unspecified atom stereocenters. The summed E-state index contributed by atoms with van der Waals surface area (Å²) in [6, 6.07) is 11.8. The third-order valence-corrected chi connectivity index (χ3v) is 2.54. The van der Waals surface area contributed by atoms with Crippen LogP contribution in [0.25, 0.3) is 10.8 Å². The van der Waals surface area contributed by atoms with Crippen molar-refractivity contribution in [3.05, 3.63) is 42.0 Å². The minimum absolute atomic E-state index is 0.0571. The Morgan fingerprint density at radius 3 is 2.67 bits per heavy atom. The molecule has 2 aromatic rings. The highest BCUT2D eigenvalue weighted by atomic mass is 16.3. The van der Waals surface area contributed by atoms with E-state index in [0.717, 1.165) is 16.3 Å². The van der Waals surface area contributed by atoms with Crippen LogP contribution in [0.2, 0.25) is 0 Å². The predicted octanol–water partition coefficient (Wildman–Crippen LogP) is 2.44. The van der Waals surface area contributed by atoms with Crippen LogP contribution in [-0.2, 0) is 6.42 Å². The summed E-state index contributed by atoms with van der Waals surface area (Å²) in [4.78, 5) is 0. The fraction of sp³-hybridized carbons (Fsp3) is 0.231. The molecule has 15 heavy (non-hydrogen) atoms. The lowest BCUT2D eigenvalue weighted by Gasteiger charge is -2.11. The summed E-state index contributed by atoms with van der Waals surface area (Å²) in [6.45, 7) is 1.95. The summed E-state index contributed by atoms with van der Waals surface area (Å²) in [5.74, 6) is 0.339. The van der Waals surface area contributed by atoms with E-state index in [9.17, 15) is 5.11 Å². The Hall–Kier alpha value is -1.54. The topological polar surface area (TPSA) is 46.2 Å². The van der Waals surface area contributed by atoms with Gasteiger partial charge in [-0.25, -0.2) is 0 Å². The van der Waals surface area contributed by atoms with E-state index in [4.69, 9.17) is 5.73 Å². The Morgan fingerprint density at radius 2 is 1.93 bits per heavy atom. The molecule has 0 bridgehead atoms. The zero-order chi connectivity index (χ0) is 10.8. The Bertz CT molecular complexity index is 477. The normalized spacial score (nSPS) is 12.9. The van der Waals surface area contributed by atoms with Gasteiger partial charge in [-0.05, 0) is 30.2 Å². The van der Waals surface area contributed by atoms with Gasteiger partial charge in [0.1, 0.15) is 5.75 Å². The zero-order valence-corrected chi connectivity index (χ0v) is 8.77. The zero-order valence-electron chi connectivity index (χ0n) is 8.77. The summed E-state index contributed by atoms with van der Waals surface area (Å²) in [7, 11) is 0. The SMILES string of the molecule is C[C@H](N)Cc1c(O)ccc2ccccc12. The number of aromatic hydroxyl groups is 1.